The highest BCUT2D eigenvalue weighted by Crippen LogP contribution is 2.36. The molecule has 1 aromatic carbocycles. The fourth-order valence-corrected chi connectivity index (χ4v) is 4.38. The molecule has 182 valence electrons. The van der Waals surface area contributed by atoms with Gasteiger partial charge in [-0.05, 0) is 36.5 Å². The molecule has 5 N–H and O–H groups in total. The van der Waals surface area contributed by atoms with E-state index in [1.807, 2.05) is 0 Å². The molecule has 32 heavy (non-hydrogen) atoms. The molecule has 1 atom stereocenters. The number of anilines is 1. The lowest BCUT2D eigenvalue weighted by molar-refractivity contribution is -0.138. The van der Waals surface area contributed by atoms with Gasteiger partial charge in [0, 0.05) is 5.69 Å². The van der Waals surface area contributed by atoms with Crippen molar-refractivity contribution in [1.82, 2.24) is 0 Å². The summed E-state index contributed by atoms with van der Waals surface area (Å²) < 4.78 is 55.5. The largest absolute Gasteiger partial charge is 0.469 e. The van der Waals surface area contributed by atoms with Crippen LogP contribution in [0.25, 0.3) is 0 Å². The average Bonchev–Trinajstić information content (AvgIpc) is 2.72. The van der Waals surface area contributed by atoms with Crippen LogP contribution in [0.3, 0.4) is 0 Å². The Hall–Kier alpha value is -1.45. The van der Waals surface area contributed by atoms with Crippen LogP contribution in [-0.4, -0.2) is 28.3 Å². The van der Waals surface area contributed by atoms with Crippen LogP contribution >= 0.6 is 7.82 Å². The number of amides is 1. The highest BCUT2D eigenvalue weighted by atomic mass is 31.2. The smallest absolute Gasteiger partial charge is 0.325 e. The lowest BCUT2D eigenvalue weighted by atomic mass is 9.85. The summed E-state index contributed by atoms with van der Waals surface area (Å²) in [5.41, 5.74) is 4.72. The number of hydrogen-bond acceptors (Lipinski definition) is 4. The van der Waals surface area contributed by atoms with E-state index in [0.717, 1.165) is 31.2 Å². The van der Waals surface area contributed by atoms with Crippen molar-refractivity contribution in [3.63, 3.8) is 0 Å². The maximum Gasteiger partial charge on any atom is 0.469 e. The molecular weight excluding hydrogens is 448 g/mol. The number of unbranched alkanes of at least 4 members (excludes halogenated alkanes) is 2. The molecular formula is C21H32F3N2O5P. The van der Waals surface area contributed by atoms with Gasteiger partial charge in [0.15, 0.2) is 0 Å². The van der Waals surface area contributed by atoms with E-state index >= 15 is 0 Å². The summed E-state index contributed by atoms with van der Waals surface area (Å²) in [6, 6.07) is 2.10. The van der Waals surface area contributed by atoms with E-state index in [2.05, 4.69) is 9.84 Å². The van der Waals surface area contributed by atoms with E-state index < -0.39 is 38.1 Å². The van der Waals surface area contributed by atoms with E-state index in [9.17, 15) is 22.5 Å². The quantitative estimate of drug-likeness (QED) is 0.268. The van der Waals surface area contributed by atoms with Gasteiger partial charge in [-0.25, -0.2) is 4.57 Å². The zero-order valence-electron chi connectivity index (χ0n) is 17.9. The molecule has 7 nitrogen and oxygen atoms in total. The Balaban J connectivity index is 1.90. The van der Waals surface area contributed by atoms with Gasteiger partial charge in [-0.3, -0.25) is 9.32 Å². The number of nitrogens with two attached hydrogens (primary N) is 1. The van der Waals surface area contributed by atoms with Crippen LogP contribution in [0.2, 0.25) is 0 Å². The van der Waals surface area contributed by atoms with Crippen molar-refractivity contribution in [2.75, 3.05) is 11.9 Å². The van der Waals surface area contributed by atoms with Gasteiger partial charge in [0.2, 0.25) is 5.91 Å². The van der Waals surface area contributed by atoms with Gasteiger partial charge in [0.1, 0.15) is 6.04 Å². The van der Waals surface area contributed by atoms with Crippen molar-refractivity contribution >= 4 is 19.4 Å². The van der Waals surface area contributed by atoms with Crippen molar-refractivity contribution in [3.05, 3.63) is 29.3 Å². The normalized spacial score (nSPS) is 16.7. The lowest BCUT2D eigenvalue weighted by Gasteiger charge is -2.21. The second kappa shape index (κ2) is 12.1. The number of carbonyl (C=O) groups excluding carboxylic acids is 1. The van der Waals surface area contributed by atoms with Crippen LogP contribution in [-0.2, 0) is 26.5 Å². The van der Waals surface area contributed by atoms with Crippen molar-refractivity contribution in [2.24, 2.45) is 11.7 Å². The highest BCUT2D eigenvalue weighted by molar-refractivity contribution is 7.46. The number of carbonyl (C=O) groups is 1. The Bertz CT molecular complexity index is 794. The molecule has 1 aromatic rings. The van der Waals surface area contributed by atoms with Gasteiger partial charge in [0.25, 0.3) is 0 Å². The molecule has 1 fully saturated rings. The third-order valence-electron chi connectivity index (χ3n) is 5.73. The fraction of sp³-hybridized carbons (Fsp3) is 0.667. The summed E-state index contributed by atoms with van der Waals surface area (Å²) in [5, 5.41) is 2.23. The first-order valence-corrected chi connectivity index (χ1v) is 12.5. The van der Waals surface area contributed by atoms with E-state index in [1.165, 1.54) is 44.2 Å². The summed E-state index contributed by atoms with van der Waals surface area (Å²) in [4.78, 5) is 29.3. The predicted octanol–water partition coefficient (Wildman–Crippen LogP) is 4.76. The minimum Gasteiger partial charge on any atom is -0.325 e. The molecule has 0 saturated heterocycles. The summed E-state index contributed by atoms with van der Waals surface area (Å²) in [5.74, 6) is -0.155. The monoisotopic (exact) mass is 480 g/mol. The number of rotatable bonds is 11. The SMILES string of the molecule is N[C@@H](COP(=O)(O)O)C(=O)Nc1ccc(CCCCCC2CCCCC2)c(C(F)(F)F)c1. The number of hydrogen-bond donors (Lipinski definition) is 4. The second-order valence-corrected chi connectivity index (χ2v) is 9.59. The van der Waals surface area contributed by atoms with Crippen LogP contribution in [0, 0.1) is 5.92 Å². The van der Waals surface area contributed by atoms with Gasteiger partial charge in [0.05, 0.1) is 12.2 Å². The summed E-state index contributed by atoms with van der Waals surface area (Å²) in [7, 11) is -4.81. The first-order valence-electron chi connectivity index (χ1n) is 10.9. The first kappa shape index (κ1) is 26.8. The fourth-order valence-electron chi connectivity index (χ4n) is 4.03. The van der Waals surface area contributed by atoms with E-state index in [0.29, 0.717) is 12.8 Å². The Morgan fingerprint density at radius 2 is 1.88 bits per heavy atom. The Morgan fingerprint density at radius 1 is 1.19 bits per heavy atom. The molecule has 1 aliphatic carbocycles. The highest BCUT2D eigenvalue weighted by Gasteiger charge is 2.33. The third kappa shape index (κ3) is 9.58. The van der Waals surface area contributed by atoms with E-state index in [1.54, 1.807) is 0 Å². The van der Waals surface area contributed by atoms with Crippen LogP contribution in [0.15, 0.2) is 18.2 Å². The Morgan fingerprint density at radius 3 is 2.50 bits per heavy atom. The van der Waals surface area contributed by atoms with Crippen LogP contribution in [0.4, 0.5) is 18.9 Å². The Kier molecular flexibility index (Phi) is 10.2. The molecule has 1 saturated carbocycles. The molecule has 0 unspecified atom stereocenters. The molecule has 0 radical (unpaired) electrons. The number of phosphoric acid groups is 1. The third-order valence-corrected chi connectivity index (χ3v) is 6.21. The zero-order chi connectivity index (χ0) is 23.8. The minimum atomic E-state index is -4.81. The maximum absolute atomic E-state index is 13.6. The molecule has 11 heteroatoms. The van der Waals surface area contributed by atoms with E-state index in [4.69, 9.17) is 15.5 Å². The molecule has 0 aliphatic heterocycles. The van der Waals surface area contributed by atoms with Gasteiger partial charge in [-0.15, -0.1) is 0 Å². The second-order valence-electron chi connectivity index (χ2n) is 8.36. The van der Waals surface area contributed by atoms with Gasteiger partial charge in [-0.1, -0.05) is 57.4 Å². The molecule has 1 amide bonds. The van der Waals surface area contributed by atoms with Crippen molar-refractivity contribution < 1.29 is 36.8 Å². The molecule has 1 aliphatic rings. The molecule has 0 heterocycles. The number of phosphoric ester groups is 1. The number of halogens is 3. The van der Waals surface area contributed by atoms with Crippen molar-refractivity contribution in [1.29, 1.82) is 0 Å². The lowest BCUT2D eigenvalue weighted by Crippen LogP contribution is -2.39. The molecule has 0 spiro atoms. The van der Waals surface area contributed by atoms with Crippen LogP contribution in [0.1, 0.15) is 68.9 Å². The topological polar surface area (TPSA) is 122 Å². The maximum atomic E-state index is 13.6. The van der Waals surface area contributed by atoms with Gasteiger partial charge < -0.3 is 20.8 Å². The van der Waals surface area contributed by atoms with Crippen LogP contribution in [0.5, 0.6) is 0 Å². The zero-order valence-corrected chi connectivity index (χ0v) is 18.8. The standard InChI is InChI=1S/C21H32F3N2O5P/c22-21(23,24)18-13-17(26-20(27)19(25)14-31-32(28,29)30)12-11-16(18)10-6-2-5-9-15-7-3-1-4-8-15/h11-13,15,19H,1-10,14,25H2,(H,26,27)(H2,28,29,30)/t19-/m0/s1. The summed E-state index contributed by atoms with van der Waals surface area (Å²) >= 11 is 0. The minimum absolute atomic E-state index is 0.102. The van der Waals surface area contributed by atoms with Crippen LogP contribution < -0.4 is 11.1 Å². The predicted molar refractivity (Wildman–Crippen MR) is 115 cm³/mol. The summed E-state index contributed by atoms with van der Waals surface area (Å²) in [6.07, 6.45) is 5.81. The molecule has 0 bridgehead atoms. The number of benzene rings is 1. The summed E-state index contributed by atoms with van der Waals surface area (Å²) in [6.45, 7) is -0.777. The van der Waals surface area contributed by atoms with Gasteiger partial charge in [-0.2, -0.15) is 13.2 Å². The average molecular weight is 480 g/mol. The van der Waals surface area contributed by atoms with E-state index in [-0.39, 0.29) is 11.3 Å². The number of alkyl halides is 3. The van der Waals surface area contributed by atoms with Gasteiger partial charge >= 0.3 is 14.0 Å². The molecule has 2 rings (SSSR count). The molecule has 0 aromatic heterocycles. The first-order chi connectivity index (χ1) is 15.0. The number of nitrogens with one attached hydrogen (secondary N) is 1. The van der Waals surface area contributed by atoms with Crippen molar-refractivity contribution in [2.45, 2.75) is 76.4 Å². The number of aryl methyl sites for hydroxylation is 1. The van der Waals surface area contributed by atoms with Crippen molar-refractivity contribution in [3.8, 4) is 0 Å². The Labute approximate surface area is 186 Å².